The Balaban J connectivity index is 1.36. The molecule has 1 aliphatic carbocycles. The lowest BCUT2D eigenvalue weighted by Crippen LogP contribution is -2.43. The maximum Gasteiger partial charge on any atom is 0.332 e. The van der Waals surface area contributed by atoms with Crippen LogP contribution in [0.1, 0.15) is 53.8 Å². The normalized spacial score (nSPS) is 14.7. The van der Waals surface area contributed by atoms with Crippen LogP contribution in [-0.4, -0.2) is 33.8 Å². The number of fused-ring (bicyclic) bond motifs is 2. The standard InChI is InChI=1S/C30H30N4O7/c35-27(31-15-22-7-4-12-39-22)17-33-24-14-20(28(36)32-21-5-2-1-3-6-21)9-10-23(24)29(37)34(30(33)38)16-19-8-11-25-26(13-19)41-18-40-25/h4,7-14,21H,1-3,5-6,15-18H2,(H,31,35)(H,32,36). The average Bonchev–Trinajstić information content (AvgIpc) is 3.69. The van der Waals surface area contributed by atoms with Crippen LogP contribution in [0.3, 0.4) is 0 Å². The lowest BCUT2D eigenvalue weighted by Gasteiger charge is -2.23. The smallest absolute Gasteiger partial charge is 0.332 e. The molecule has 0 saturated heterocycles. The van der Waals surface area contributed by atoms with Gasteiger partial charge in [-0.25, -0.2) is 4.79 Å². The number of carbonyl (C=O) groups is 2. The third-order valence-electron chi connectivity index (χ3n) is 7.55. The van der Waals surface area contributed by atoms with Gasteiger partial charge >= 0.3 is 5.69 Å². The zero-order valence-corrected chi connectivity index (χ0v) is 22.4. The molecular weight excluding hydrogens is 528 g/mol. The van der Waals surface area contributed by atoms with E-state index in [0.29, 0.717) is 28.4 Å². The molecule has 11 heteroatoms. The number of benzene rings is 2. The van der Waals surface area contributed by atoms with Crippen molar-refractivity contribution in [2.45, 2.75) is 57.8 Å². The molecule has 1 saturated carbocycles. The van der Waals surface area contributed by atoms with E-state index in [2.05, 4.69) is 10.6 Å². The Morgan fingerprint density at radius 2 is 1.76 bits per heavy atom. The van der Waals surface area contributed by atoms with Gasteiger partial charge in [-0.15, -0.1) is 0 Å². The first-order valence-corrected chi connectivity index (χ1v) is 13.7. The van der Waals surface area contributed by atoms with E-state index >= 15 is 0 Å². The molecular formula is C30H30N4O7. The Kier molecular flexibility index (Phi) is 7.32. The van der Waals surface area contributed by atoms with E-state index in [1.807, 2.05) is 0 Å². The summed E-state index contributed by atoms with van der Waals surface area (Å²) in [5, 5.41) is 6.03. The molecule has 1 aliphatic heterocycles. The molecule has 0 bridgehead atoms. The van der Waals surface area contributed by atoms with Gasteiger partial charge in [-0.1, -0.05) is 25.3 Å². The maximum atomic E-state index is 13.8. The molecule has 212 valence electrons. The molecule has 41 heavy (non-hydrogen) atoms. The van der Waals surface area contributed by atoms with Gasteiger partial charge in [0.15, 0.2) is 11.5 Å². The first-order chi connectivity index (χ1) is 20.0. The highest BCUT2D eigenvalue weighted by molar-refractivity contribution is 5.98. The van der Waals surface area contributed by atoms with Crippen molar-refractivity contribution in [3.63, 3.8) is 0 Å². The van der Waals surface area contributed by atoms with Gasteiger partial charge in [0, 0.05) is 11.6 Å². The van der Waals surface area contributed by atoms with Gasteiger partial charge < -0.3 is 24.5 Å². The second-order valence-electron chi connectivity index (χ2n) is 10.3. The van der Waals surface area contributed by atoms with Gasteiger partial charge in [-0.2, -0.15) is 0 Å². The Bertz CT molecular complexity index is 1720. The van der Waals surface area contributed by atoms with E-state index in [0.717, 1.165) is 36.7 Å². The summed E-state index contributed by atoms with van der Waals surface area (Å²) in [7, 11) is 0. The maximum absolute atomic E-state index is 13.8. The summed E-state index contributed by atoms with van der Waals surface area (Å²) in [5.74, 6) is 0.955. The molecule has 2 aromatic carbocycles. The summed E-state index contributed by atoms with van der Waals surface area (Å²) in [6.07, 6.45) is 6.64. The van der Waals surface area contributed by atoms with Gasteiger partial charge in [0.2, 0.25) is 12.7 Å². The second-order valence-corrected chi connectivity index (χ2v) is 10.3. The predicted octanol–water partition coefficient (Wildman–Crippen LogP) is 2.91. The largest absolute Gasteiger partial charge is 0.467 e. The fourth-order valence-electron chi connectivity index (χ4n) is 5.39. The molecule has 2 amide bonds. The lowest BCUT2D eigenvalue weighted by molar-refractivity contribution is -0.121. The highest BCUT2D eigenvalue weighted by atomic mass is 16.7. The monoisotopic (exact) mass is 558 g/mol. The van der Waals surface area contributed by atoms with E-state index in [9.17, 15) is 19.2 Å². The van der Waals surface area contributed by atoms with Crippen LogP contribution >= 0.6 is 0 Å². The van der Waals surface area contributed by atoms with Gasteiger partial charge in [0.1, 0.15) is 12.3 Å². The second kappa shape index (κ2) is 11.4. The number of nitrogens with one attached hydrogen (secondary N) is 2. The average molecular weight is 559 g/mol. The minimum absolute atomic E-state index is 0.0395. The Hall–Kier alpha value is -4.80. The Labute approximate surface area is 234 Å². The van der Waals surface area contributed by atoms with E-state index < -0.39 is 17.2 Å². The molecule has 3 heterocycles. The van der Waals surface area contributed by atoms with E-state index in [-0.39, 0.29) is 49.3 Å². The number of rotatable bonds is 8. The fraction of sp³-hybridized carbons (Fsp3) is 0.333. The van der Waals surface area contributed by atoms with Gasteiger partial charge in [0.25, 0.3) is 11.5 Å². The van der Waals surface area contributed by atoms with Crippen molar-refractivity contribution in [2.75, 3.05) is 6.79 Å². The highest BCUT2D eigenvalue weighted by Crippen LogP contribution is 2.32. The van der Waals surface area contributed by atoms with Gasteiger partial charge in [-0.3, -0.25) is 23.5 Å². The zero-order chi connectivity index (χ0) is 28.3. The number of hydrogen-bond acceptors (Lipinski definition) is 7. The number of aromatic nitrogens is 2. The van der Waals surface area contributed by atoms with E-state index in [1.54, 1.807) is 42.5 Å². The van der Waals surface area contributed by atoms with Gasteiger partial charge in [0.05, 0.1) is 30.3 Å². The van der Waals surface area contributed by atoms with Crippen LogP contribution in [0.15, 0.2) is 68.8 Å². The van der Waals surface area contributed by atoms with Crippen LogP contribution in [0.25, 0.3) is 10.9 Å². The highest BCUT2D eigenvalue weighted by Gasteiger charge is 2.21. The van der Waals surface area contributed by atoms with Gasteiger partial charge in [-0.05, 0) is 60.9 Å². The fourth-order valence-corrected chi connectivity index (χ4v) is 5.39. The van der Waals surface area contributed by atoms with Crippen LogP contribution in [0.4, 0.5) is 0 Å². The summed E-state index contributed by atoms with van der Waals surface area (Å²) < 4.78 is 18.4. The molecule has 1 fully saturated rings. The summed E-state index contributed by atoms with van der Waals surface area (Å²) in [6.45, 7) is -0.150. The van der Waals surface area contributed by atoms with Crippen LogP contribution < -0.4 is 31.4 Å². The van der Waals surface area contributed by atoms with Crippen molar-refractivity contribution in [3.8, 4) is 11.5 Å². The van der Waals surface area contributed by atoms with Crippen molar-refractivity contribution in [2.24, 2.45) is 0 Å². The molecule has 0 radical (unpaired) electrons. The number of amides is 2. The van der Waals surface area contributed by atoms with Crippen molar-refractivity contribution >= 4 is 22.7 Å². The van der Waals surface area contributed by atoms with E-state index in [1.165, 1.54) is 16.9 Å². The molecule has 0 unspecified atom stereocenters. The molecule has 4 aromatic rings. The Morgan fingerprint density at radius 1 is 0.927 bits per heavy atom. The lowest BCUT2D eigenvalue weighted by atomic mass is 9.95. The first-order valence-electron chi connectivity index (χ1n) is 13.7. The molecule has 2 N–H and O–H groups in total. The topological polar surface area (TPSA) is 134 Å². The summed E-state index contributed by atoms with van der Waals surface area (Å²) >= 11 is 0. The number of furan rings is 1. The first kappa shape index (κ1) is 26.4. The summed E-state index contributed by atoms with van der Waals surface area (Å²) in [6, 6.07) is 13.4. The number of hydrogen-bond donors (Lipinski definition) is 2. The van der Waals surface area contributed by atoms with Crippen molar-refractivity contribution < 1.29 is 23.5 Å². The Morgan fingerprint density at radius 3 is 2.56 bits per heavy atom. The summed E-state index contributed by atoms with van der Waals surface area (Å²) in [4.78, 5) is 53.4. The molecule has 11 nitrogen and oxygen atoms in total. The number of ether oxygens (including phenoxy) is 2. The third-order valence-corrected chi connectivity index (χ3v) is 7.55. The van der Waals surface area contributed by atoms with E-state index in [4.69, 9.17) is 13.9 Å². The minimum atomic E-state index is -0.668. The zero-order valence-electron chi connectivity index (χ0n) is 22.4. The molecule has 2 aliphatic rings. The summed E-state index contributed by atoms with van der Waals surface area (Å²) in [5.41, 5.74) is 0.00363. The predicted molar refractivity (Wildman–Crippen MR) is 149 cm³/mol. The SMILES string of the molecule is O=C(Cn1c(=O)n(Cc2ccc3c(c2)OCO3)c(=O)c2ccc(C(=O)NC3CCCCC3)cc21)NCc1ccco1. The van der Waals surface area contributed by atoms with Crippen molar-refractivity contribution in [3.05, 3.63) is 92.5 Å². The number of nitrogens with zero attached hydrogens (tertiary/aromatic N) is 2. The molecule has 2 aromatic heterocycles. The van der Waals surface area contributed by atoms with Crippen molar-refractivity contribution in [1.29, 1.82) is 0 Å². The minimum Gasteiger partial charge on any atom is -0.467 e. The van der Waals surface area contributed by atoms with Crippen LogP contribution in [0, 0.1) is 0 Å². The molecule has 6 rings (SSSR count). The van der Waals surface area contributed by atoms with Crippen LogP contribution in [-0.2, 0) is 24.4 Å². The van der Waals surface area contributed by atoms with Crippen LogP contribution in [0.2, 0.25) is 0 Å². The third kappa shape index (κ3) is 5.60. The quantitative estimate of drug-likeness (QED) is 0.340. The molecule has 0 spiro atoms. The van der Waals surface area contributed by atoms with Crippen LogP contribution in [0.5, 0.6) is 11.5 Å². The number of carbonyl (C=O) groups excluding carboxylic acids is 2. The molecule has 0 atom stereocenters. The van der Waals surface area contributed by atoms with Crippen molar-refractivity contribution in [1.82, 2.24) is 19.8 Å².